The third kappa shape index (κ3) is 12.2. The first-order chi connectivity index (χ1) is 37.4. The third-order valence-corrected chi connectivity index (χ3v) is 15.0. The fourth-order valence-electron chi connectivity index (χ4n) is 10.5. The second kappa shape index (κ2) is 23.3. The Morgan fingerprint density at radius 1 is 0.818 bits per heavy atom. The van der Waals surface area contributed by atoms with Crippen LogP contribution in [0.5, 0.6) is 11.5 Å². The molecule has 0 bridgehead atoms. The van der Waals surface area contributed by atoms with Gasteiger partial charge >= 0.3 is 5.97 Å². The Kier molecular flexibility index (Phi) is 15.8. The first kappa shape index (κ1) is 52.2. The lowest BCUT2D eigenvalue weighted by molar-refractivity contribution is -0.438. The van der Waals surface area contributed by atoms with Crippen LogP contribution in [0.1, 0.15) is 125 Å². The normalized spacial score (nSPS) is 15.4. The number of amides is 3. The summed E-state index contributed by atoms with van der Waals surface area (Å²) >= 11 is 0. The fraction of sp³-hybridized carbons (Fsp3) is 0.317. The zero-order chi connectivity index (χ0) is 53.5. The van der Waals surface area contributed by atoms with E-state index in [1.54, 1.807) is 53.2 Å². The molecule has 1 aromatic heterocycles. The van der Waals surface area contributed by atoms with Crippen LogP contribution < -0.4 is 25.4 Å². The summed E-state index contributed by atoms with van der Waals surface area (Å²) in [5, 5.41) is 17.7. The summed E-state index contributed by atoms with van der Waals surface area (Å²) in [5.41, 5.74) is 11.4. The summed E-state index contributed by atoms with van der Waals surface area (Å²) in [6.07, 6.45) is 14.9. The number of benzene rings is 5. The molecule has 0 saturated heterocycles. The van der Waals surface area contributed by atoms with Crippen molar-refractivity contribution in [3.63, 3.8) is 0 Å². The van der Waals surface area contributed by atoms with E-state index >= 15 is 0 Å². The van der Waals surface area contributed by atoms with Crippen molar-refractivity contribution in [1.82, 2.24) is 30.5 Å². The second-order valence-electron chi connectivity index (χ2n) is 20.7. The van der Waals surface area contributed by atoms with Crippen molar-refractivity contribution in [2.75, 3.05) is 31.5 Å². The smallest absolute Gasteiger partial charge is 0.314 e. The van der Waals surface area contributed by atoms with Gasteiger partial charge in [0.1, 0.15) is 23.8 Å². The molecule has 0 atom stereocenters. The predicted octanol–water partition coefficient (Wildman–Crippen LogP) is 10.5. The molecule has 1 saturated carbocycles. The Morgan fingerprint density at radius 3 is 2.36 bits per heavy atom. The van der Waals surface area contributed by atoms with Crippen LogP contribution in [0.3, 0.4) is 0 Å². The molecule has 5 aromatic carbocycles. The van der Waals surface area contributed by atoms with Crippen molar-refractivity contribution in [3.05, 3.63) is 195 Å². The van der Waals surface area contributed by atoms with Crippen LogP contribution in [-0.2, 0) is 36.3 Å². The van der Waals surface area contributed by atoms with Gasteiger partial charge in [0.2, 0.25) is 5.69 Å². The number of carbonyl (C=O) groups is 4. The van der Waals surface area contributed by atoms with Gasteiger partial charge in [0.15, 0.2) is 5.71 Å². The molecule has 14 heteroatoms. The number of nitrogens with one attached hydrogen (secondary N) is 3. The van der Waals surface area contributed by atoms with E-state index in [1.165, 1.54) is 28.1 Å². The van der Waals surface area contributed by atoms with E-state index in [1.807, 2.05) is 42.6 Å². The highest BCUT2D eigenvalue weighted by Gasteiger charge is 2.44. The minimum atomic E-state index is -0.402. The van der Waals surface area contributed by atoms with Gasteiger partial charge in [0.25, 0.3) is 17.7 Å². The summed E-state index contributed by atoms with van der Waals surface area (Å²) in [6, 6.07) is 35.8. The summed E-state index contributed by atoms with van der Waals surface area (Å²) in [7, 11) is 0. The Balaban J connectivity index is 0.722. The van der Waals surface area contributed by atoms with Crippen molar-refractivity contribution < 1.29 is 33.2 Å². The summed E-state index contributed by atoms with van der Waals surface area (Å²) in [4.78, 5) is 54.7. The average molecular weight is 1030 g/mol. The van der Waals surface area contributed by atoms with Crippen LogP contribution >= 0.6 is 0 Å². The van der Waals surface area contributed by atoms with Gasteiger partial charge in [-0.3, -0.25) is 28.8 Å². The number of para-hydroxylation sites is 1. The van der Waals surface area contributed by atoms with Gasteiger partial charge in [0, 0.05) is 84.0 Å². The number of rotatable bonds is 21. The number of fused-ring (bicyclic) bond motifs is 3. The van der Waals surface area contributed by atoms with Gasteiger partial charge in [0.05, 0.1) is 23.6 Å². The second-order valence-corrected chi connectivity index (χ2v) is 20.7. The van der Waals surface area contributed by atoms with Crippen LogP contribution in [-0.4, -0.2) is 80.1 Å². The van der Waals surface area contributed by atoms with E-state index in [-0.39, 0.29) is 29.1 Å². The van der Waals surface area contributed by atoms with Gasteiger partial charge < -0.3 is 25.4 Å². The first-order valence-corrected chi connectivity index (χ1v) is 27.1. The van der Waals surface area contributed by atoms with Crippen molar-refractivity contribution in [3.8, 4) is 11.5 Å². The number of ether oxygens (including phenoxy) is 2. The lowest BCUT2D eigenvalue weighted by Crippen LogP contribution is -2.28. The van der Waals surface area contributed by atoms with Crippen LogP contribution in [0.25, 0.3) is 6.08 Å². The minimum Gasteiger partial charge on any atom is -0.456 e. The number of aryl methyl sites for hydroxylation is 1. The van der Waals surface area contributed by atoms with E-state index in [0.29, 0.717) is 53.5 Å². The molecule has 394 valence electrons. The highest BCUT2D eigenvalue weighted by Crippen LogP contribution is 2.43. The Bertz CT molecular complexity index is 3360. The molecule has 0 radical (unpaired) electrons. The number of hydrogen-bond acceptors (Lipinski definition) is 9. The van der Waals surface area contributed by atoms with Gasteiger partial charge in [-0.25, -0.2) is 0 Å². The SMILES string of the molecule is CCN(CC)Cc1ccccc1CNC(=O)c1cccc(NC(=O)c2cccc(C(=O)NCCn3cc(CCC[N+]4=C(C=CC5=C6Oc7cc(OC(=O)C8CC8)ccc7C=C6CCC5)C(C)(C)c5ccccc54)nn3)c2)c1. The zero-order valence-corrected chi connectivity index (χ0v) is 44.4. The standard InChI is InChI=1S/C63H66N8O6/c1-5-69(6-2)40-50-16-8-7-15-49(50)39-65-60(73)48-21-13-22-51(37-48)66-61(74)47-20-12-19-46(36-47)59(72)64-32-34-70-41-52(67-68-70)23-14-33-71-55-25-10-9-24-54(55)63(3,4)57(71)31-29-42-17-11-18-45-35-44-28-30-53(38-56(44)77-58(42)45)76-62(75)43-26-27-43/h7-10,12-13,15-16,19-22,24-25,28-31,35-38,41,43H,5-6,11,14,17-18,23,26-27,32-34,39-40H2,1-4H3,(H2-,64,65,66,72,73,74)/p+1. The maximum Gasteiger partial charge on any atom is 0.314 e. The van der Waals surface area contributed by atoms with Crippen molar-refractivity contribution in [2.24, 2.45) is 5.92 Å². The molecule has 4 aliphatic rings. The molecule has 2 aliphatic heterocycles. The quantitative estimate of drug-likeness (QED) is 0.0362. The van der Waals surface area contributed by atoms with Gasteiger partial charge in [-0.15, -0.1) is 5.10 Å². The molecule has 3 heterocycles. The molecule has 77 heavy (non-hydrogen) atoms. The summed E-state index contributed by atoms with van der Waals surface area (Å²) in [5.74, 6) is 0.998. The molecule has 0 unspecified atom stereocenters. The Labute approximate surface area is 450 Å². The van der Waals surface area contributed by atoms with Gasteiger partial charge in [-0.1, -0.05) is 73.7 Å². The molecule has 1 fully saturated rings. The number of esters is 1. The first-order valence-electron chi connectivity index (χ1n) is 27.1. The lowest BCUT2D eigenvalue weighted by atomic mass is 9.81. The minimum absolute atomic E-state index is 0.0160. The van der Waals surface area contributed by atoms with Crippen LogP contribution in [0.15, 0.2) is 151 Å². The van der Waals surface area contributed by atoms with Crippen LogP contribution in [0.4, 0.5) is 11.4 Å². The van der Waals surface area contributed by atoms with Crippen molar-refractivity contribution >= 4 is 46.9 Å². The van der Waals surface area contributed by atoms with E-state index in [0.717, 1.165) is 99.3 Å². The monoisotopic (exact) mass is 1030 g/mol. The van der Waals surface area contributed by atoms with Crippen LogP contribution in [0.2, 0.25) is 0 Å². The molecule has 3 N–H and O–H groups in total. The van der Waals surface area contributed by atoms with E-state index in [2.05, 4.69) is 112 Å². The number of nitrogens with zero attached hydrogens (tertiary/aromatic N) is 5. The average Bonchev–Trinajstić information content (AvgIpc) is 4.28. The highest BCUT2D eigenvalue weighted by molar-refractivity contribution is 6.07. The summed E-state index contributed by atoms with van der Waals surface area (Å²) < 4.78 is 16.5. The van der Waals surface area contributed by atoms with Gasteiger partial charge in [-0.05, 0) is 148 Å². The number of anilines is 1. The number of carbonyl (C=O) groups excluding carboxylic acids is 4. The molecule has 3 amide bonds. The largest absolute Gasteiger partial charge is 0.456 e. The van der Waals surface area contributed by atoms with Gasteiger partial charge in [-0.2, -0.15) is 4.58 Å². The molecule has 6 aromatic rings. The maximum absolute atomic E-state index is 13.4. The van der Waals surface area contributed by atoms with Crippen molar-refractivity contribution in [1.29, 1.82) is 0 Å². The molecular formula is C63H67N8O6+. The molecule has 2 aliphatic carbocycles. The highest BCUT2D eigenvalue weighted by atomic mass is 16.5. The summed E-state index contributed by atoms with van der Waals surface area (Å²) in [6.45, 7) is 13.4. The third-order valence-electron chi connectivity index (χ3n) is 15.0. The fourth-order valence-corrected chi connectivity index (χ4v) is 10.5. The van der Waals surface area contributed by atoms with Crippen molar-refractivity contribution in [2.45, 2.75) is 97.7 Å². The predicted molar refractivity (Wildman–Crippen MR) is 298 cm³/mol. The molecule has 10 rings (SSSR count). The zero-order valence-electron chi connectivity index (χ0n) is 44.4. The molecular weight excluding hydrogens is 965 g/mol. The van der Waals surface area contributed by atoms with E-state index < -0.39 is 5.91 Å². The number of allylic oxidation sites excluding steroid dienone is 4. The molecule has 14 nitrogen and oxygen atoms in total. The molecule has 0 spiro atoms. The lowest BCUT2D eigenvalue weighted by Gasteiger charge is -2.26. The topological polar surface area (TPSA) is 160 Å². The number of hydrogen-bond donors (Lipinski definition) is 3. The van der Waals surface area contributed by atoms with Crippen LogP contribution in [0, 0.1) is 5.92 Å². The maximum atomic E-state index is 13.4. The Morgan fingerprint density at radius 2 is 1.56 bits per heavy atom. The number of aromatic nitrogens is 3. The van der Waals surface area contributed by atoms with E-state index in [4.69, 9.17) is 9.47 Å². The van der Waals surface area contributed by atoms with E-state index in [9.17, 15) is 19.2 Å². The Hall–Kier alpha value is -8.23.